The number of hydrogen-bond donors (Lipinski definition) is 1. The second kappa shape index (κ2) is 6.24. The standard InChI is InChI=1S/C11H14F2N2O2/c1-8-4-9(7-17)5-14-11(8)15(2-3-16)6-10(12)13/h4-5,7,10,16H,2-3,6H2,1H3. The molecule has 0 saturated heterocycles. The SMILES string of the molecule is Cc1cc(C=O)cnc1N(CCO)CC(F)F. The van der Waals surface area contributed by atoms with Crippen molar-refractivity contribution in [3.05, 3.63) is 23.4 Å². The van der Waals surface area contributed by atoms with Gasteiger partial charge in [0.25, 0.3) is 6.43 Å². The van der Waals surface area contributed by atoms with Gasteiger partial charge in [0.05, 0.1) is 13.2 Å². The van der Waals surface area contributed by atoms with E-state index in [9.17, 15) is 13.6 Å². The Morgan fingerprint density at radius 2 is 2.29 bits per heavy atom. The predicted molar refractivity (Wildman–Crippen MR) is 59.7 cm³/mol. The molecule has 0 saturated carbocycles. The van der Waals surface area contributed by atoms with Gasteiger partial charge in [0.2, 0.25) is 0 Å². The van der Waals surface area contributed by atoms with Gasteiger partial charge in [0.15, 0.2) is 6.29 Å². The van der Waals surface area contributed by atoms with Crippen LogP contribution in [-0.4, -0.2) is 42.5 Å². The molecule has 0 radical (unpaired) electrons. The van der Waals surface area contributed by atoms with Crippen LogP contribution in [0.1, 0.15) is 15.9 Å². The van der Waals surface area contributed by atoms with Crippen LogP contribution >= 0.6 is 0 Å². The van der Waals surface area contributed by atoms with Crippen LogP contribution in [0.5, 0.6) is 0 Å². The number of hydrogen-bond acceptors (Lipinski definition) is 4. The lowest BCUT2D eigenvalue weighted by molar-refractivity contribution is 0.112. The molecule has 1 N–H and O–H groups in total. The third-order valence-corrected chi connectivity index (χ3v) is 2.24. The van der Waals surface area contributed by atoms with Crippen LogP contribution in [0.15, 0.2) is 12.3 Å². The van der Waals surface area contributed by atoms with Crippen LogP contribution < -0.4 is 4.90 Å². The molecule has 17 heavy (non-hydrogen) atoms. The second-order valence-electron chi connectivity index (χ2n) is 3.59. The minimum absolute atomic E-state index is 0.0820. The normalized spacial score (nSPS) is 10.6. The topological polar surface area (TPSA) is 53.4 Å². The van der Waals surface area contributed by atoms with E-state index in [0.717, 1.165) is 0 Å². The summed E-state index contributed by atoms with van der Waals surface area (Å²) in [5, 5.41) is 8.83. The van der Waals surface area contributed by atoms with Gasteiger partial charge in [-0.1, -0.05) is 0 Å². The number of aryl methyl sites for hydroxylation is 1. The summed E-state index contributed by atoms with van der Waals surface area (Å²) in [4.78, 5) is 15.8. The molecule has 94 valence electrons. The van der Waals surface area contributed by atoms with E-state index in [4.69, 9.17) is 5.11 Å². The number of aldehydes is 1. The summed E-state index contributed by atoms with van der Waals surface area (Å²) in [6.07, 6.45) is -0.535. The summed E-state index contributed by atoms with van der Waals surface area (Å²) >= 11 is 0. The van der Waals surface area contributed by atoms with Gasteiger partial charge in [-0.2, -0.15) is 0 Å². The van der Waals surface area contributed by atoms with E-state index >= 15 is 0 Å². The van der Waals surface area contributed by atoms with Crippen molar-refractivity contribution in [1.29, 1.82) is 0 Å². The van der Waals surface area contributed by atoms with E-state index in [1.165, 1.54) is 11.1 Å². The summed E-state index contributed by atoms with van der Waals surface area (Å²) in [7, 11) is 0. The molecule has 0 fully saturated rings. The van der Waals surface area contributed by atoms with Crippen molar-refractivity contribution in [2.45, 2.75) is 13.3 Å². The fraction of sp³-hybridized carbons (Fsp3) is 0.455. The van der Waals surface area contributed by atoms with Crippen LogP contribution in [0.25, 0.3) is 0 Å². The zero-order chi connectivity index (χ0) is 12.8. The first-order valence-electron chi connectivity index (χ1n) is 5.14. The van der Waals surface area contributed by atoms with Crippen molar-refractivity contribution in [3.8, 4) is 0 Å². The molecule has 1 heterocycles. The summed E-state index contributed by atoms with van der Waals surface area (Å²) < 4.78 is 24.7. The molecule has 0 bridgehead atoms. The molecule has 0 aliphatic heterocycles. The molecule has 6 heteroatoms. The number of carbonyl (C=O) groups excluding carboxylic acids is 1. The molecule has 0 atom stereocenters. The first-order valence-corrected chi connectivity index (χ1v) is 5.14. The Morgan fingerprint density at radius 1 is 1.59 bits per heavy atom. The van der Waals surface area contributed by atoms with E-state index in [0.29, 0.717) is 23.2 Å². The number of nitrogens with zero attached hydrogens (tertiary/aromatic N) is 2. The van der Waals surface area contributed by atoms with Crippen molar-refractivity contribution in [1.82, 2.24) is 4.98 Å². The van der Waals surface area contributed by atoms with E-state index < -0.39 is 13.0 Å². The average molecular weight is 244 g/mol. The fourth-order valence-electron chi connectivity index (χ4n) is 1.56. The Bertz CT molecular complexity index is 386. The number of aliphatic hydroxyl groups is 1. The Kier molecular flexibility index (Phi) is 4.96. The Hall–Kier alpha value is -1.56. The van der Waals surface area contributed by atoms with E-state index in [1.54, 1.807) is 13.0 Å². The van der Waals surface area contributed by atoms with Crippen LogP contribution in [0.3, 0.4) is 0 Å². The highest BCUT2D eigenvalue weighted by molar-refractivity contribution is 5.75. The molecule has 0 spiro atoms. The predicted octanol–water partition coefficient (Wildman–Crippen LogP) is 1.27. The van der Waals surface area contributed by atoms with Gasteiger partial charge < -0.3 is 10.0 Å². The van der Waals surface area contributed by atoms with Gasteiger partial charge in [0, 0.05) is 18.3 Å². The lowest BCUT2D eigenvalue weighted by Crippen LogP contribution is -2.32. The smallest absolute Gasteiger partial charge is 0.255 e. The van der Waals surface area contributed by atoms with E-state index in [-0.39, 0.29) is 13.2 Å². The van der Waals surface area contributed by atoms with E-state index in [1.807, 2.05) is 0 Å². The number of halogens is 2. The van der Waals surface area contributed by atoms with Crippen LogP contribution in [0.4, 0.5) is 14.6 Å². The lowest BCUT2D eigenvalue weighted by Gasteiger charge is -2.23. The first-order chi connectivity index (χ1) is 8.08. The van der Waals surface area contributed by atoms with Crippen molar-refractivity contribution < 1.29 is 18.7 Å². The minimum atomic E-state index is -2.51. The Morgan fingerprint density at radius 3 is 2.76 bits per heavy atom. The molecule has 4 nitrogen and oxygen atoms in total. The third kappa shape index (κ3) is 3.74. The minimum Gasteiger partial charge on any atom is -0.395 e. The van der Waals surface area contributed by atoms with Crippen LogP contribution in [0.2, 0.25) is 0 Å². The van der Waals surface area contributed by atoms with Crippen LogP contribution in [-0.2, 0) is 0 Å². The van der Waals surface area contributed by atoms with Crippen LogP contribution in [0, 0.1) is 6.92 Å². The molecule has 1 aromatic heterocycles. The quantitative estimate of drug-likeness (QED) is 0.765. The lowest BCUT2D eigenvalue weighted by atomic mass is 10.2. The van der Waals surface area contributed by atoms with Gasteiger partial charge in [-0.05, 0) is 18.6 Å². The number of carbonyl (C=O) groups is 1. The average Bonchev–Trinajstić information content (AvgIpc) is 2.27. The molecule has 0 aliphatic carbocycles. The number of rotatable bonds is 6. The molecule has 0 aliphatic rings. The second-order valence-corrected chi connectivity index (χ2v) is 3.59. The largest absolute Gasteiger partial charge is 0.395 e. The zero-order valence-electron chi connectivity index (χ0n) is 9.44. The summed E-state index contributed by atoms with van der Waals surface area (Å²) in [6.45, 7) is 1.04. The molecular formula is C11H14F2N2O2. The molecular weight excluding hydrogens is 230 g/mol. The van der Waals surface area contributed by atoms with Crippen molar-refractivity contribution in [2.24, 2.45) is 0 Å². The fourth-order valence-corrected chi connectivity index (χ4v) is 1.56. The molecule has 1 aromatic rings. The highest BCUT2D eigenvalue weighted by atomic mass is 19.3. The van der Waals surface area contributed by atoms with E-state index in [2.05, 4.69) is 4.98 Å². The van der Waals surface area contributed by atoms with Crippen molar-refractivity contribution in [3.63, 3.8) is 0 Å². The first kappa shape index (κ1) is 13.5. The number of anilines is 1. The number of aromatic nitrogens is 1. The number of alkyl halides is 2. The molecule has 0 unspecified atom stereocenters. The monoisotopic (exact) mass is 244 g/mol. The van der Waals surface area contributed by atoms with Crippen molar-refractivity contribution in [2.75, 3.05) is 24.6 Å². The Labute approximate surface area is 97.9 Å². The zero-order valence-corrected chi connectivity index (χ0v) is 9.44. The molecule has 1 rings (SSSR count). The number of pyridine rings is 1. The summed E-state index contributed by atoms with van der Waals surface area (Å²) in [5.74, 6) is 0.366. The Balaban J connectivity index is 2.96. The summed E-state index contributed by atoms with van der Waals surface area (Å²) in [6, 6.07) is 1.57. The highest BCUT2D eigenvalue weighted by Crippen LogP contribution is 2.18. The highest BCUT2D eigenvalue weighted by Gasteiger charge is 2.15. The van der Waals surface area contributed by atoms with Crippen molar-refractivity contribution >= 4 is 12.1 Å². The molecule has 0 aromatic carbocycles. The van der Waals surface area contributed by atoms with Gasteiger partial charge in [-0.25, -0.2) is 13.8 Å². The van der Waals surface area contributed by atoms with Gasteiger partial charge in [-0.15, -0.1) is 0 Å². The van der Waals surface area contributed by atoms with Gasteiger partial charge >= 0.3 is 0 Å². The maximum atomic E-state index is 12.4. The number of aliphatic hydroxyl groups excluding tert-OH is 1. The van der Waals surface area contributed by atoms with Gasteiger partial charge in [0.1, 0.15) is 5.82 Å². The summed E-state index contributed by atoms with van der Waals surface area (Å²) in [5.41, 5.74) is 1.02. The maximum Gasteiger partial charge on any atom is 0.255 e. The molecule has 0 amide bonds. The van der Waals surface area contributed by atoms with Gasteiger partial charge in [-0.3, -0.25) is 4.79 Å². The third-order valence-electron chi connectivity index (χ3n) is 2.24. The maximum absolute atomic E-state index is 12.4.